The Labute approximate surface area is 265 Å². The summed E-state index contributed by atoms with van der Waals surface area (Å²) in [7, 11) is -3.88. The van der Waals surface area contributed by atoms with Crippen molar-refractivity contribution in [2.75, 3.05) is 32.0 Å². The fourth-order valence-electron chi connectivity index (χ4n) is 6.41. The van der Waals surface area contributed by atoms with Crippen molar-refractivity contribution in [3.05, 3.63) is 53.8 Å². The maximum atomic E-state index is 14.0. The molecular formula is C31H37FN4O7S2. The van der Waals surface area contributed by atoms with Gasteiger partial charge < -0.3 is 30.0 Å². The molecule has 8 rings (SSSR count). The molecule has 11 nitrogen and oxygen atoms in total. The molecule has 1 aliphatic carbocycles. The quantitative estimate of drug-likeness (QED) is 0.311. The second kappa shape index (κ2) is 12.0. The van der Waals surface area contributed by atoms with E-state index in [1.54, 1.807) is 30.3 Å². The molecule has 1 aromatic heterocycles. The van der Waals surface area contributed by atoms with Crippen molar-refractivity contribution in [3.63, 3.8) is 0 Å². The molecule has 14 heteroatoms. The monoisotopic (exact) mass is 660 g/mol. The molecule has 242 valence electrons. The van der Waals surface area contributed by atoms with Gasteiger partial charge in [0.25, 0.3) is 0 Å². The Bertz CT molecular complexity index is 1650. The van der Waals surface area contributed by atoms with Crippen LogP contribution in [0.5, 0.6) is 0 Å². The summed E-state index contributed by atoms with van der Waals surface area (Å²) >= 11 is 1.24. The van der Waals surface area contributed by atoms with Crippen LogP contribution < -0.4 is 11.1 Å². The van der Waals surface area contributed by atoms with Gasteiger partial charge in [0.2, 0.25) is 10.0 Å². The normalized spacial score (nSPS) is 27.4. The molecule has 4 saturated heterocycles. The smallest absolute Gasteiger partial charge is 0.407 e. The summed E-state index contributed by atoms with van der Waals surface area (Å²) in [6.45, 7) is 3.40. The molecule has 0 spiro atoms. The Morgan fingerprint density at radius 2 is 1.98 bits per heavy atom. The molecule has 1 amide bonds. The van der Waals surface area contributed by atoms with E-state index in [-0.39, 0.29) is 40.8 Å². The van der Waals surface area contributed by atoms with E-state index in [0.29, 0.717) is 54.4 Å². The van der Waals surface area contributed by atoms with Gasteiger partial charge in [0.15, 0.2) is 11.4 Å². The largest absolute Gasteiger partial charge is 0.443 e. The van der Waals surface area contributed by atoms with E-state index in [2.05, 4.69) is 17.2 Å². The van der Waals surface area contributed by atoms with Crippen molar-refractivity contribution < 1.29 is 36.6 Å². The second-order valence-electron chi connectivity index (χ2n) is 12.9. The number of carbonyl (C=O) groups is 1. The Balaban J connectivity index is 1.09. The molecule has 5 heterocycles. The van der Waals surface area contributed by atoms with Crippen molar-refractivity contribution in [1.82, 2.24) is 14.6 Å². The number of carbonyl (C=O) groups excluding carboxylic acids is 1. The second-order valence-corrected chi connectivity index (χ2v) is 15.9. The molecular weight excluding hydrogens is 623 g/mol. The third-order valence-electron chi connectivity index (χ3n) is 9.27. The fourth-order valence-corrected chi connectivity index (χ4v) is 8.89. The van der Waals surface area contributed by atoms with Gasteiger partial charge in [-0.2, -0.15) is 4.31 Å². The van der Waals surface area contributed by atoms with Gasteiger partial charge in [-0.25, -0.2) is 22.6 Å². The van der Waals surface area contributed by atoms with Gasteiger partial charge in [0.05, 0.1) is 28.3 Å². The fraction of sp³-hybridized carbons (Fsp3) is 0.548. The lowest BCUT2D eigenvalue weighted by Gasteiger charge is -2.29. The highest BCUT2D eigenvalue weighted by atomic mass is 32.2. The highest BCUT2D eigenvalue weighted by molar-refractivity contribution is 7.89. The van der Waals surface area contributed by atoms with Crippen LogP contribution in [0.3, 0.4) is 0 Å². The first kappa shape index (κ1) is 30.8. The van der Waals surface area contributed by atoms with Gasteiger partial charge in [-0.1, -0.05) is 30.4 Å². The Hall–Kier alpha value is -2.88. The summed E-state index contributed by atoms with van der Waals surface area (Å²) in [5.41, 5.74) is 7.21. The Morgan fingerprint density at radius 1 is 1.20 bits per heavy atom. The van der Waals surface area contributed by atoms with E-state index in [0.717, 1.165) is 18.4 Å². The minimum atomic E-state index is -3.88. The van der Waals surface area contributed by atoms with E-state index in [1.807, 2.05) is 0 Å². The summed E-state index contributed by atoms with van der Waals surface area (Å²) in [6, 6.07) is 10.4. The number of halogens is 1. The SMILES string of the molecule is CC1(CN(CC[C@H](Cc2ccc(F)cc2)NC(=O)OC2C3COC4CC2OC4OC3)S(=O)(=O)c2ccc3nc(N)sc3c2)CC1. The molecule has 45 heavy (non-hydrogen) atoms. The number of alkyl carbamates (subject to hydrolysis) is 1. The van der Waals surface area contributed by atoms with Gasteiger partial charge in [0.1, 0.15) is 24.1 Å². The van der Waals surface area contributed by atoms with Gasteiger partial charge in [0, 0.05) is 31.5 Å². The van der Waals surface area contributed by atoms with Crippen LogP contribution in [0.25, 0.3) is 10.2 Å². The number of nitrogens with two attached hydrogens (primary N) is 1. The van der Waals surface area contributed by atoms with Crippen LogP contribution in [0, 0.1) is 17.2 Å². The van der Waals surface area contributed by atoms with Gasteiger partial charge >= 0.3 is 6.09 Å². The van der Waals surface area contributed by atoms with Gasteiger partial charge in [-0.15, -0.1) is 0 Å². The van der Waals surface area contributed by atoms with Crippen molar-refractivity contribution in [1.29, 1.82) is 0 Å². The third kappa shape index (κ3) is 6.67. The highest BCUT2D eigenvalue weighted by Gasteiger charge is 2.51. The van der Waals surface area contributed by atoms with E-state index in [9.17, 15) is 17.6 Å². The minimum absolute atomic E-state index is 0.104. The third-order valence-corrected chi connectivity index (χ3v) is 12.0. The zero-order chi connectivity index (χ0) is 31.3. The first-order valence-corrected chi connectivity index (χ1v) is 17.6. The molecule has 2 aromatic carbocycles. The van der Waals surface area contributed by atoms with Crippen molar-refractivity contribution >= 4 is 42.8 Å². The van der Waals surface area contributed by atoms with Crippen LogP contribution in [0.15, 0.2) is 47.4 Å². The summed E-state index contributed by atoms with van der Waals surface area (Å²) < 4.78 is 67.6. The number of hydrogen-bond donors (Lipinski definition) is 2. The number of benzene rings is 2. The number of thiazole rings is 1. The lowest BCUT2D eigenvalue weighted by atomic mass is 9.97. The summed E-state index contributed by atoms with van der Waals surface area (Å²) in [6.07, 6.45) is 1.04. The molecule has 4 bridgehead atoms. The number of nitrogens with zero attached hydrogens (tertiary/aromatic N) is 2. The van der Waals surface area contributed by atoms with Crippen LogP contribution in [0.1, 0.15) is 38.2 Å². The molecule has 5 unspecified atom stereocenters. The van der Waals surface area contributed by atoms with Gasteiger partial charge in [-0.3, -0.25) is 0 Å². The molecule has 0 radical (unpaired) electrons. The summed E-state index contributed by atoms with van der Waals surface area (Å²) in [5, 5.41) is 3.36. The number of nitrogens with one attached hydrogen (secondary N) is 1. The van der Waals surface area contributed by atoms with Crippen molar-refractivity contribution in [3.8, 4) is 0 Å². The number of sulfonamides is 1. The lowest BCUT2D eigenvalue weighted by molar-refractivity contribution is -0.162. The van der Waals surface area contributed by atoms with Crippen LogP contribution in [0.2, 0.25) is 0 Å². The van der Waals surface area contributed by atoms with Crippen molar-refractivity contribution in [2.24, 2.45) is 11.3 Å². The van der Waals surface area contributed by atoms with Crippen molar-refractivity contribution in [2.45, 2.75) is 74.6 Å². The Morgan fingerprint density at radius 3 is 2.76 bits per heavy atom. The number of hydrogen-bond acceptors (Lipinski definition) is 10. The number of rotatable bonds is 11. The standard InChI is InChI=1S/C31H37FN4O7S2/c1-31(9-10-31)17-36(45(38,39)22-6-7-23-26(13-22)44-29(33)35-23)11-8-21(12-18-2-4-20(32)5-3-18)34-30(37)43-27-19-15-40-25-14-24(27)42-28(25)41-16-19/h2-7,13,19,21,24-25,27-28H,8-12,14-17H2,1H3,(H2,33,35)(H,34,37)/t19?,21-,24?,25?,27?,28?/m1/s1. The lowest BCUT2D eigenvalue weighted by Crippen LogP contribution is -2.46. The number of aromatic nitrogens is 1. The molecule has 5 fully saturated rings. The molecule has 3 N–H and O–H groups in total. The average molecular weight is 661 g/mol. The van der Waals surface area contributed by atoms with Crippen LogP contribution in [-0.4, -0.2) is 80.7 Å². The summed E-state index contributed by atoms with van der Waals surface area (Å²) in [5.74, 6) is -0.514. The van der Waals surface area contributed by atoms with E-state index < -0.39 is 34.6 Å². The molecule has 5 aliphatic rings. The predicted molar refractivity (Wildman–Crippen MR) is 165 cm³/mol. The van der Waals surface area contributed by atoms with Crippen LogP contribution in [0.4, 0.5) is 14.3 Å². The molecule has 6 atom stereocenters. The number of amides is 1. The first-order chi connectivity index (χ1) is 21.5. The Kier molecular flexibility index (Phi) is 8.23. The van der Waals surface area contributed by atoms with Crippen LogP contribution in [-0.2, 0) is 35.4 Å². The maximum absolute atomic E-state index is 14.0. The number of ether oxygens (including phenoxy) is 4. The maximum Gasteiger partial charge on any atom is 0.407 e. The number of nitrogen functional groups attached to an aromatic ring is 1. The average Bonchev–Trinajstić information content (AvgIpc) is 3.59. The zero-order valence-corrected chi connectivity index (χ0v) is 26.5. The van der Waals surface area contributed by atoms with Crippen LogP contribution >= 0.6 is 11.3 Å². The zero-order valence-electron chi connectivity index (χ0n) is 24.9. The summed E-state index contributed by atoms with van der Waals surface area (Å²) in [4.78, 5) is 17.8. The van der Waals surface area contributed by atoms with Gasteiger partial charge in [-0.05, 0) is 67.0 Å². The van der Waals surface area contributed by atoms with E-state index >= 15 is 0 Å². The first-order valence-electron chi connectivity index (χ1n) is 15.3. The highest BCUT2D eigenvalue weighted by Crippen LogP contribution is 2.46. The minimum Gasteiger partial charge on any atom is -0.443 e. The molecule has 4 aliphatic heterocycles. The number of fused-ring (bicyclic) bond motifs is 3. The predicted octanol–water partition coefficient (Wildman–Crippen LogP) is 4.06. The topological polar surface area (TPSA) is 142 Å². The van der Waals surface area contributed by atoms with E-state index in [1.165, 1.54) is 27.8 Å². The molecule has 1 saturated carbocycles. The van der Waals surface area contributed by atoms with E-state index in [4.69, 9.17) is 24.7 Å². The molecule has 3 aromatic rings. The number of anilines is 1.